The predicted octanol–water partition coefficient (Wildman–Crippen LogP) is 2.24. The molecule has 3 aromatic carbocycles. The summed E-state index contributed by atoms with van der Waals surface area (Å²) in [5.74, 6) is -0.338. The van der Waals surface area contributed by atoms with Gasteiger partial charge in [-0.2, -0.15) is 0 Å². The molecular formula is C23H22N6O4S. The van der Waals surface area contributed by atoms with Crippen LogP contribution in [0.15, 0.2) is 59.5 Å². The Morgan fingerprint density at radius 2 is 1.76 bits per heavy atom. The number of nitrogens with two attached hydrogens (primary N) is 2. The largest absolute Gasteiger partial charge is 0.507 e. The normalized spacial score (nSPS) is 11.5. The smallest absolute Gasteiger partial charge is 0.253 e. The number of hydrogen-bond acceptors (Lipinski definition) is 6. The maximum absolute atomic E-state index is 12.8. The molecule has 7 N–H and O–H groups in total. The van der Waals surface area contributed by atoms with Gasteiger partial charge in [-0.05, 0) is 48.0 Å². The zero-order chi connectivity index (χ0) is 24.8. The van der Waals surface area contributed by atoms with Crippen molar-refractivity contribution in [2.75, 3.05) is 14.1 Å². The van der Waals surface area contributed by atoms with Crippen LogP contribution in [-0.4, -0.2) is 54.2 Å². The van der Waals surface area contributed by atoms with Crippen molar-refractivity contribution in [3.05, 3.63) is 65.7 Å². The van der Waals surface area contributed by atoms with Crippen LogP contribution in [0.25, 0.3) is 33.5 Å². The van der Waals surface area contributed by atoms with Crippen LogP contribution in [0.1, 0.15) is 15.9 Å². The first-order valence-electron chi connectivity index (χ1n) is 10.0. The highest BCUT2D eigenvalue weighted by Gasteiger charge is 2.21. The van der Waals surface area contributed by atoms with Gasteiger partial charge in [0.05, 0.1) is 21.5 Å². The Kier molecular flexibility index (Phi) is 5.59. The molecule has 4 rings (SSSR count). The number of sulfonamides is 1. The fourth-order valence-corrected chi connectivity index (χ4v) is 4.12. The third-order valence-electron chi connectivity index (χ3n) is 5.28. The van der Waals surface area contributed by atoms with E-state index in [4.69, 9.17) is 16.3 Å². The lowest BCUT2D eigenvalue weighted by Crippen LogP contribution is -2.21. The molecular weight excluding hydrogens is 456 g/mol. The molecule has 1 aromatic heterocycles. The Balaban J connectivity index is 1.97. The third-order valence-corrected chi connectivity index (χ3v) is 6.20. The predicted molar refractivity (Wildman–Crippen MR) is 129 cm³/mol. The average Bonchev–Trinajstić information content (AvgIpc) is 3.21. The van der Waals surface area contributed by atoms with E-state index in [1.165, 1.54) is 35.2 Å². The number of amides is 1. The van der Waals surface area contributed by atoms with Crippen molar-refractivity contribution in [1.29, 1.82) is 5.41 Å². The van der Waals surface area contributed by atoms with Crippen molar-refractivity contribution in [3.8, 4) is 28.3 Å². The molecule has 0 radical (unpaired) electrons. The summed E-state index contributed by atoms with van der Waals surface area (Å²) >= 11 is 0. The van der Waals surface area contributed by atoms with Crippen molar-refractivity contribution in [2.45, 2.75) is 4.90 Å². The molecule has 0 aliphatic heterocycles. The quantitative estimate of drug-likeness (QED) is 0.217. The van der Waals surface area contributed by atoms with Crippen molar-refractivity contribution < 1.29 is 18.3 Å². The van der Waals surface area contributed by atoms with Crippen molar-refractivity contribution in [3.63, 3.8) is 0 Å². The monoisotopic (exact) mass is 478 g/mol. The van der Waals surface area contributed by atoms with Gasteiger partial charge < -0.3 is 20.7 Å². The van der Waals surface area contributed by atoms with Crippen molar-refractivity contribution in [2.24, 2.45) is 10.9 Å². The summed E-state index contributed by atoms with van der Waals surface area (Å²) in [6.45, 7) is 0. The minimum atomic E-state index is -3.98. The van der Waals surface area contributed by atoms with Gasteiger partial charge in [0.1, 0.15) is 17.4 Å². The number of amidine groups is 1. The number of rotatable bonds is 5. The summed E-state index contributed by atoms with van der Waals surface area (Å²) in [5.41, 5.74) is 8.32. The first-order chi connectivity index (χ1) is 16.0. The molecule has 11 heteroatoms. The minimum absolute atomic E-state index is 0.100. The first kappa shape index (κ1) is 23.0. The number of phenolic OH excluding ortho intramolecular Hbond substituents is 1. The van der Waals surface area contributed by atoms with E-state index in [2.05, 4.69) is 9.97 Å². The number of carbonyl (C=O) groups excluding carboxylic acids is 1. The second kappa shape index (κ2) is 8.28. The third kappa shape index (κ3) is 4.21. The van der Waals surface area contributed by atoms with E-state index in [0.717, 1.165) is 0 Å². The van der Waals surface area contributed by atoms with Crippen LogP contribution >= 0.6 is 0 Å². The summed E-state index contributed by atoms with van der Waals surface area (Å²) in [6.07, 6.45) is 0. The highest BCUT2D eigenvalue weighted by atomic mass is 32.2. The molecule has 0 saturated carbocycles. The fourth-order valence-electron chi connectivity index (χ4n) is 3.56. The van der Waals surface area contributed by atoms with Gasteiger partial charge >= 0.3 is 0 Å². The number of fused-ring (bicyclic) bond motifs is 1. The number of hydrogen-bond donors (Lipinski definition) is 5. The van der Waals surface area contributed by atoms with Crippen LogP contribution in [0.3, 0.4) is 0 Å². The van der Waals surface area contributed by atoms with Gasteiger partial charge in [-0.3, -0.25) is 10.2 Å². The number of benzene rings is 3. The molecule has 0 saturated heterocycles. The Hall–Kier alpha value is -4.22. The molecule has 10 nitrogen and oxygen atoms in total. The standard InChI is InChI=1S/C23H22N6O4S/c1-29(2)23(31)14-9-16(12-4-3-5-15(8-12)34(26,32)33)20(30)17(10-14)22-27-18-7-6-13(21(24)25)11-19(18)28-22/h3-11,30H,1-2H3,(H3,24,25)(H,27,28)(H2,26,32,33). The minimum Gasteiger partial charge on any atom is -0.507 e. The number of H-pyrrole nitrogens is 1. The second-order valence-corrected chi connectivity index (χ2v) is 9.48. The fraction of sp³-hybridized carbons (Fsp3) is 0.0870. The average molecular weight is 479 g/mol. The Morgan fingerprint density at radius 3 is 2.41 bits per heavy atom. The summed E-state index contributed by atoms with van der Waals surface area (Å²) in [4.78, 5) is 21.7. The molecule has 0 unspecified atom stereocenters. The molecule has 1 heterocycles. The van der Waals surface area contributed by atoms with Crippen LogP contribution in [0.4, 0.5) is 0 Å². The molecule has 4 aromatic rings. The molecule has 0 aliphatic carbocycles. The maximum atomic E-state index is 12.8. The number of primary sulfonamides is 1. The number of nitrogen functional groups attached to an aromatic ring is 1. The van der Waals surface area contributed by atoms with Crippen LogP contribution < -0.4 is 10.9 Å². The van der Waals surface area contributed by atoms with Crippen molar-refractivity contribution in [1.82, 2.24) is 14.9 Å². The van der Waals surface area contributed by atoms with Crippen molar-refractivity contribution >= 4 is 32.8 Å². The van der Waals surface area contributed by atoms with E-state index < -0.39 is 10.0 Å². The van der Waals surface area contributed by atoms with Gasteiger partial charge in [-0.1, -0.05) is 12.1 Å². The van der Waals surface area contributed by atoms with E-state index in [-0.39, 0.29) is 44.9 Å². The number of aromatic nitrogens is 2. The zero-order valence-electron chi connectivity index (χ0n) is 18.3. The van der Waals surface area contributed by atoms with E-state index in [0.29, 0.717) is 22.2 Å². The summed E-state index contributed by atoms with van der Waals surface area (Å²) < 4.78 is 23.7. The van der Waals surface area contributed by atoms with Gasteiger partial charge in [0.15, 0.2) is 0 Å². The number of aromatic hydroxyl groups is 1. The van der Waals surface area contributed by atoms with E-state index >= 15 is 0 Å². The summed E-state index contributed by atoms with van der Waals surface area (Å²) in [6, 6.07) is 13.8. The molecule has 0 fully saturated rings. The number of carbonyl (C=O) groups is 1. The Morgan fingerprint density at radius 1 is 1.06 bits per heavy atom. The number of imidazole rings is 1. The highest BCUT2D eigenvalue weighted by molar-refractivity contribution is 7.89. The maximum Gasteiger partial charge on any atom is 0.253 e. The molecule has 0 spiro atoms. The molecule has 174 valence electrons. The van der Waals surface area contributed by atoms with Gasteiger partial charge in [0.25, 0.3) is 5.91 Å². The number of aromatic amines is 1. The van der Waals surface area contributed by atoms with Gasteiger partial charge in [-0.25, -0.2) is 18.5 Å². The Labute approximate surface area is 195 Å². The van der Waals surface area contributed by atoms with Crippen LogP contribution in [0, 0.1) is 5.41 Å². The SMILES string of the molecule is CN(C)C(=O)c1cc(-c2cccc(S(N)(=O)=O)c2)c(O)c(-c2nc3ccc(C(=N)N)cc3[nH]2)c1. The molecule has 0 atom stereocenters. The van der Waals surface area contributed by atoms with Crippen LogP contribution in [-0.2, 0) is 10.0 Å². The van der Waals surface area contributed by atoms with Crippen LogP contribution in [0.2, 0.25) is 0 Å². The number of nitrogens with zero attached hydrogens (tertiary/aromatic N) is 2. The lowest BCUT2D eigenvalue weighted by Gasteiger charge is -2.15. The number of nitrogens with one attached hydrogen (secondary N) is 2. The lowest BCUT2D eigenvalue weighted by molar-refractivity contribution is 0.0827. The Bertz CT molecular complexity index is 1570. The van der Waals surface area contributed by atoms with Crippen LogP contribution in [0.5, 0.6) is 5.75 Å². The van der Waals surface area contributed by atoms with E-state index in [1.54, 1.807) is 38.4 Å². The molecule has 0 aliphatic rings. The first-order valence-corrected chi connectivity index (χ1v) is 11.6. The molecule has 34 heavy (non-hydrogen) atoms. The topological polar surface area (TPSA) is 179 Å². The highest BCUT2D eigenvalue weighted by Crippen LogP contribution is 2.39. The number of phenols is 1. The summed E-state index contributed by atoms with van der Waals surface area (Å²) in [5, 5.41) is 24.1. The lowest BCUT2D eigenvalue weighted by atomic mass is 9.97. The zero-order valence-corrected chi connectivity index (χ0v) is 19.1. The molecule has 0 bridgehead atoms. The summed E-state index contributed by atoms with van der Waals surface area (Å²) in [7, 11) is -0.784. The van der Waals surface area contributed by atoms with Gasteiger partial charge in [-0.15, -0.1) is 0 Å². The van der Waals surface area contributed by atoms with E-state index in [9.17, 15) is 18.3 Å². The molecule has 1 amide bonds. The van der Waals surface area contributed by atoms with Gasteiger partial charge in [0, 0.05) is 30.8 Å². The van der Waals surface area contributed by atoms with E-state index in [1.807, 2.05) is 0 Å². The van der Waals surface area contributed by atoms with Gasteiger partial charge in [0.2, 0.25) is 10.0 Å². The second-order valence-electron chi connectivity index (χ2n) is 7.92.